The number of fused-ring (bicyclic) bond motifs is 1. The molecule has 1 heterocycles. The van der Waals surface area contributed by atoms with E-state index in [-0.39, 0.29) is 16.5 Å². The molecule has 2 N–H and O–H groups in total. The van der Waals surface area contributed by atoms with Gasteiger partial charge in [-0.15, -0.1) is 0 Å². The number of nitrogens with zero attached hydrogens (tertiary/aromatic N) is 1. The second kappa shape index (κ2) is 8.88. The van der Waals surface area contributed by atoms with Crippen LogP contribution in [-0.4, -0.2) is 26.2 Å². The highest BCUT2D eigenvalue weighted by Gasteiger charge is 2.19. The Labute approximate surface area is 186 Å². The van der Waals surface area contributed by atoms with Gasteiger partial charge in [-0.25, -0.2) is 12.8 Å². The van der Waals surface area contributed by atoms with Crippen LogP contribution in [0.1, 0.15) is 32.4 Å². The standard InChI is InChI=1S/C22H25ClFN3O3S/c1-13(2)12-27(31(4,29)30)17-7-5-6-16(10-17)25-14(3)18-8-15-9-19(23)20(24)11-21(15)26-22(18)28/h5-11,13-14,25H,12H2,1-4H3,(H,26,28). The predicted molar refractivity (Wildman–Crippen MR) is 125 cm³/mol. The van der Waals surface area contributed by atoms with Crippen LogP contribution in [0.25, 0.3) is 10.9 Å². The maximum Gasteiger partial charge on any atom is 0.253 e. The summed E-state index contributed by atoms with van der Waals surface area (Å²) in [4.78, 5) is 15.2. The number of H-pyrrole nitrogens is 1. The Morgan fingerprint density at radius 2 is 1.87 bits per heavy atom. The van der Waals surface area contributed by atoms with E-state index in [9.17, 15) is 17.6 Å². The van der Waals surface area contributed by atoms with E-state index in [4.69, 9.17) is 11.6 Å². The predicted octanol–water partition coefficient (Wildman–Crippen LogP) is 4.92. The molecule has 1 atom stereocenters. The topological polar surface area (TPSA) is 82.3 Å². The average molecular weight is 466 g/mol. The Bertz CT molecular complexity index is 1270. The number of rotatable bonds is 7. The maximum atomic E-state index is 13.7. The molecule has 0 saturated carbocycles. The van der Waals surface area contributed by atoms with Crippen molar-refractivity contribution in [3.63, 3.8) is 0 Å². The van der Waals surface area contributed by atoms with Gasteiger partial charge in [-0.2, -0.15) is 0 Å². The molecule has 1 unspecified atom stereocenters. The van der Waals surface area contributed by atoms with Crippen molar-refractivity contribution < 1.29 is 12.8 Å². The Hall–Kier alpha value is -2.58. The molecule has 0 aliphatic heterocycles. The van der Waals surface area contributed by atoms with E-state index in [1.165, 1.54) is 22.7 Å². The van der Waals surface area contributed by atoms with Crippen LogP contribution in [-0.2, 0) is 10.0 Å². The molecule has 6 nitrogen and oxygen atoms in total. The molecule has 0 radical (unpaired) electrons. The van der Waals surface area contributed by atoms with Crippen molar-refractivity contribution in [1.29, 1.82) is 0 Å². The van der Waals surface area contributed by atoms with E-state index in [0.717, 1.165) is 0 Å². The molecule has 31 heavy (non-hydrogen) atoms. The minimum absolute atomic E-state index is 0.0233. The molecule has 0 amide bonds. The first-order chi connectivity index (χ1) is 14.5. The fourth-order valence-electron chi connectivity index (χ4n) is 3.38. The maximum absolute atomic E-state index is 13.7. The summed E-state index contributed by atoms with van der Waals surface area (Å²) in [7, 11) is -3.44. The Balaban J connectivity index is 1.93. The summed E-state index contributed by atoms with van der Waals surface area (Å²) < 4.78 is 39.6. The van der Waals surface area contributed by atoms with Crippen molar-refractivity contribution in [3.05, 3.63) is 69.2 Å². The third kappa shape index (κ3) is 5.37. The Morgan fingerprint density at radius 1 is 1.16 bits per heavy atom. The number of aromatic amines is 1. The van der Waals surface area contributed by atoms with Gasteiger partial charge < -0.3 is 10.3 Å². The van der Waals surface area contributed by atoms with Crippen LogP contribution in [0.15, 0.2) is 47.3 Å². The molecule has 3 rings (SSSR count). The largest absolute Gasteiger partial charge is 0.378 e. The highest BCUT2D eigenvalue weighted by molar-refractivity contribution is 7.92. The van der Waals surface area contributed by atoms with Gasteiger partial charge >= 0.3 is 0 Å². The van der Waals surface area contributed by atoms with Crippen LogP contribution in [0, 0.1) is 11.7 Å². The van der Waals surface area contributed by atoms with Gasteiger partial charge in [0.1, 0.15) is 5.82 Å². The molecular weight excluding hydrogens is 441 g/mol. The normalized spacial score (nSPS) is 12.9. The molecule has 0 aliphatic carbocycles. The Morgan fingerprint density at radius 3 is 2.52 bits per heavy atom. The molecule has 0 aliphatic rings. The summed E-state index contributed by atoms with van der Waals surface area (Å²) in [5, 5.41) is 3.83. The highest BCUT2D eigenvalue weighted by atomic mass is 35.5. The summed E-state index contributed by atoms with van der Waals surface area (Å²) in [5.41, 5.74) is 1.68. The Kier molecular flexibility index (Phi) is 6.62. The van der Waals surface area contributed by atoms with Crippen molar-refractivity contribution in [2.75, 3.05) is 22.4 Å². The molecule has 0 spiro atoms. The summed E-state index contributed by atoms with van der Waals surface area (Å²) in [6, 6.07) is 11.0. The van der Waals surface area contributed by atoms with Crippen LogP contribution < -0.4 is 15.2 Å². The second-order valence-corrected chi connectivity index (χ2v) is 10.3. The number of anilines is 2. The first-order valence-corrected chi connectivity index (χ1v) is 12.0. The highest BCUT2D eigenvalue weighted by Crippen LogP contribution is 2.27. The molecular formula is C22H25ClFN3O3S. The smallest absolute Gasteiger partial charge is 0.253 e. The summed E-state index contributed by atoms with van der Waals surface area (Å²) >= 11 is 5.87. The molecule has 9 heteroatoms. The lowest BCUT2D eigenvalue weighted by molar-refractivity contribution is 0.583. The number of sulfonamides is 1. The van der Waals surface area contributed by atoms with E-state index < -0.39 is 21.9 Å². The number of nitrogens with one attached hydrogen (secondary N) is 2. The monoisotopic (exact) mass is 465 g/mol. The first-order valence-electron chi connectivity index (χ1n) is 9.82. The molecule has 2 aromatic carbocycles. The van der Waals surface area contributed by atoms with Gasteiger partial charge in [-0.3, -0.25) is 9.10 Å². The van der Waals surface area contributed by atoms with Crippen molar-refractivity contribution in [2.24, 2.45) is 5.92 Å². The lowest BCUT2D eigenvalue weighted by atomic mass is 10.1. The van der Waals surface area contributed by atoms with Gasteiger partial charge in [0.05, 0.1) is 28.5 Å². The minimum Gasteiger partial charge on any atom is -0.378 e. The number of halogens is 2. The summed E-state index contributed by atoms with van der Waals surface area (Å²) in [6.45, 7) is 6.08. The third-order valence-corrected chi connectivity index (χ3v) is 6.28. The van der Waals surface area contributed by atoms with E-state index in [1.54, 1.807) is 30.3 Å². The average Bonchev–Trinajstić information content (AvgIpc) is 2.66. The van der Waals surface area contributed by atoms with Gasteiger partial charge in [0, 0.05) is 23.2 Å². The second-order valence-electron chi connectivity index (χ2n) is 8.01. The molecule has 166 valence electrons. The number of benzene rings is 2. The van der Waals surface area contributed by atoms with Crippen LogP contribution in [0.2, 0.25) is 5.02 Å². The number of hydrogen-bond acceptors (Lipinski definition) is 4. The van der Waals surface area contributed by atoms with Crippen LogP contribution in [0.5, 0.6) is 0 Å². The van der Waals surface area contributed by atoms with Gasteiger partial charge in [0.2, 0.25) is 10.0 Å². The van der Waals surface area contributed by atoms with Crippen LogP contribution in [0.3, 0.4) is 0 Å². The lowest BCUT2D eigenvalue weighted by Gasteiger charge is -2.25. The molecule has 0 fully saturated rings. The van der Waals surface area contributed by atoms with E-state index >= 15 is 0 Å². The number of aromatic nitrogens is 1. The molecule has 0 bridgehead atoms. The van der Waals surface area contributed by atoms with Crippen LogP contribution in [0.4, 0.5) is 15.8 Å². The van der Waals surface area contributed by atoms with Gasteiger partial charge in [-0.05, 0) is 49.2 Å². The van der Waals surface area contributed by atoms with Crippen molar-refractivity contribution in [1.82, 2.24) is 4.98 Å². The third-order valence-electron chi connectivity index (χ3n) is 4.83. The first kappa shape index (κ1) is 23.1. The minimum atomic E-state index is -3.44. The van der Waals surface area contributed by atoms with E-state index in [2.05, 4.69) is 10.3 Å². The fourth-order valence-corrected chi connectivity index (χ4v) is 4.62. The lowest BCUT2D eigenvalue weighted by Crippen LogP contribution is -2.33. The van der Waals surface area contributed by atoms with Crippen molar-refractivity contribution >= 4 is 43.9 Å². The number of pyridine rings is 1. The van der Waals surface area contributed by atoms with E-state index in [0.29, 0.717) is 34.4 Å². The summed E-state index contributed by atoms with van der Waals surface area (Å²) in [5.74, 6) is -0.449. The van der Waals surface area contributed by atoms with Gasteiger partial charge in [-0.1, -0.05) is 31.5 Å². The van der Waals surface area contributed by atoms with Gasteiger partial charge in [0.25, 0.3) is 5.56 Å². The zero-order valence-corrected chi connectivity index (χ0v) is 19.3. The zero-order valence-electron chi connectivity index (χ0n) is 17.7. The van der Waals surface area contributed by atoms with Crippen molar-refractivity contribution in [2.45, 2.75) is 26.8 Å². The summed E-state index contributed by atoms with van der Waals surface area (Å²) in [6.07, 6.45) is 1.18. The number of hydrogen-bond donors (Lipinski definition) is 2. The quantitative estimate of drug-likeness (QED) is 0.519. The van der Waals surface area contributed by atoms with Crippen molar-refractivity contribution in [3.8, 4) is 0 Å². The van der Waals surface area contributed by atoms with Gasteiger partial charge in [0.15, 0.2) is 0 Å². The zero-order chi connectivity index (χ0) is 22.9. The van der Waals surface area contributed by atoms with E-state index in [1.807, 2.05) is 20.8 Å². The SMILES string of the molecule is CC(C)CN(c1cccc(NC(C)c2cc3cc(Cl)c(F)cc3[nH]c2=O)c1)S(C)(=O)=O. The van der Waals surface area contributed by atoms with Crippen LogP contribution >= 0.6 is 11.6 Å². The molecule has 0 saturated heterocycles. The fraction of sp³-hybridized carbons (Fsp3) is 0.318. The molecule has 1 aromatic heterocycles. The molecule has 3 aromatic rings.